The van der Waals surface area contributed by atoms with Crippen LogP contribution < -0.4 is 4.74 Å². The van der Waals surface area contributed by atoms with Crippen LogP contribution in [-0.4, -0.2) is 30.2 Å². The van der Waals surface area contributed by atoms with Gasteiger partial charge in [0.1, 0.15) is 5.75 Å². The van der Waals surface area contributed by atoms with Crippen LogP contribution in [0.1, 0.15) is 5.56 Å². The third kappa shape index (κ3) is 4.01. The lowest BCUT2D eigenvalue weighted by atomic mass is 10.0. The van der Waals surface area contributed by atoms with Crippen molar-refractivity contribution in [3.63, 3.8) is 0 Å². The number of rotatable bonds is 4. The lowest BCUT2D eigenvalue weighted by molar-refractivity contribution is -0.190. The normalized spacial score (nSPS) is 17.0. The first-order chi connectivity index (χ1) is 11.2. The predicted molar refractivity (Wildman–Crippen MR) is 73.6 cm³/mol. The molecule has 0 aliphatic carbocycles. The van der Waals surface area contributed by atoms with Crippen molar-refractivity contribution in [1.82, 2.24) is 0 Å². The van der Waals surface area contributed by atoms with Crippen LogP contribution in [0.3, 0.4) is 0 Å². The molecule has 1 atom stereocenters. The number of alkyl halides is 3. The molecule has 0 saturated carbocycles. The van der Waals surface area contributed by atoms with Gasteiger partial charge in [-0.1, -0.05) is 23.2 Å². The first-order valence-electron chi connectivity index (χ1n) is 6.01. The molecule has 1 aromatic rings. The molecule has 2 rings (SSSR count). The fraction of sp³-hybridized carbons (Fsp3) is 0.250. The average molecular weight is 387 g/mol. The highest BCUT2D eigenvalue weighted by Crippen LogP contribution is 2.42. The van der Waals surface area contributed by atoms with Crippen molar-refractivity contribution in [2.45, 2.75) is 12.3 Å². The maximum absolute atomic E-state index is 13.2. The van der Waals surface area contributed by atoms with E-state index in [1.807, 2.05) is 0 Å². The predicted octanol–water partition coefficient (Wildman–Crippen LogP) is 3.97. The van der Waals surface area contributed by atoms with Gasteiger partial charge in [-0.15, -0.1) is 0 Å². The van der Waals surface area contributed by atoms with Gasteiger partial charge in [-0.05, 0) is 18.2 Å². The zero-order valence-corrected chi connectivity index (χ0v) is 12.9. The van der Waals surface area contributed by atoms with Crippen LogP contribution >= 0.6 is 23.2 Å². The van der Waals surface area contributed by atoms with Gasteiger partial charge in [0.15, 0.2) is 0 Å². The summed E-state index contributed by atoms with van der Waals surface area (Å²) >= 11 is 11.6. The number of hydrogen-bond acceptors (Lipinski definition) is 6. The summed E-state index contributed by atoms with van der Waals surface area (Å²) in [5.74, 6) is -1.63. The third-order valence-corrected chi connectivity index (χ3v) is 3.24. The molecular formula is C12H7Cl2F3N2O5. The second-order valence-electron chi connectivity index (χ2n) is 4.29. The van der Waals surface area contributed by atoms with Crippen molar-refractivity contribution in [2.24, 2.45) is 10.6 Å². The highest BCUT2D eigenvalue weighted by atomic mass is 35.5. The summed E-state index contributed by atoms with van der Waals surface area (Å²) in [7, 11) is 0. The monoisotopic (exact) mass is 386 g/mol. The molecule has 0 bridgehead atoms. The molecule has 0 amide bonds. The number of hydrogen-bond donors (Lipinski definition) is 1. The first-order valence-corrected chi connectivity index (χ1v) is 6.77. The summed E-state index contributed by atoms with van der Waals surface area (Å²) in [5.41, 5.74) is -0.756. The van der Waals surface area contributed by atoms with E-state index >= 15 is 0 Å². The van der Waals surface area contributed by atoms with E-state index in [1.165, 1.54) is 12.1 Å². The van der Waals surface area contributed by atoms with E-state index in [1.54, 1.807) is 0 Å². The molecule has 0 fully saturated rings. The minimum Gasteiger partial charge on any atom is -0.474 e. The molecule has 0 radical (unpaired) electrons. The Kier molecular flexibility index (Phi) is 5.40. The summed E-state index contributed by atoms with van der Waals surface area (Å²) in [6, 6.07) is 2.49. The highest BCUT2D eigenvalue weighted by molar-refractivity contribution is 6.36. The summed E-state index contributed by atoms with van der Waals surface area (Å²) in [6.07, 6.45) is -6.59. The number of halogens is 5. The van der Waals surface area contributed by atoms with E-state index in [9.17, 15) is 18.0 Å². The van der Waals surface area contributed by atoms with Crippen LogP contribution in [0.15, 0.2) is 28.3 Å². The van der Waals surface area contributed by atoms with Crippen molar-refractivity contribution in [3.8, 4) is 5.75 Å². The van der Waals surface area contributed by atoms with E-state index in [-0.39, 0.29) is 21.4 Å². The molecule has 1 aliphatic heterocycles. The second-order valence-corrected chi connectivity index (χ2v) is 5.14. The Morgan fingerprint density at radius 1 is 1.38 bits per heavy atom. The third-order valence-electron chi connectivity index (χ3n) is 2.74. The molecule has 24 heavy (non-hydrogen) atoms. The fourth-order valence-corrected chi connectivity index (χ4v) is 2.41. The molecule has 1 heterocycles. The number of nitrogens with zero attached hydrogens (tertiary/aromatic N) is 2. The molecule has 12 heteroatoms. The van der Waals surface area contributed by atoms with Gasteiger partial charge >= 0.3 is 12.1 Å². The SMILES string of the molecule is O=C(OCO/N=N\O)C1=Cc2cc(Cl)cc(Cl)c2O[C@@H]1C(F)(F)F. The summed E-state index contributed by atoms with van der Waals surface area (Å²) < 4.78 is 48.8. The van der Waals surface area contributed by atoms with Crippen LogP contribution in [-0.2, 0) is 14.4 Å². The van der Waals surface area contributed by atoms with Gasteiger partial charge in [0, 0.05) is 10.6 Å². The molecular weight excluding hydrogens is 380 g/mol. The second kappa shape index (κ2) is 7.14. The molecule has 1 N–H and O–H groups in total. The molecule has 1 aromatic carbocycles. The first kappa shape index (κ1) is 18.1. The lowest BCUT2D eigenvalue weighted by Crippen LogP contribution is -2.41. The lowest BCUT2D eigenvalue weighted by Gasteiger charge is -2.28. The number of benzene rings is 1. The van der Waals surface area contributed by atoms with Crippen LogP contribution in [0.25, 0.3) is 6.08 Å². The maximum Gasteiger partial charge on any atom is 0.430 e. The average Bonchev–Trinajstić information content (AvgIpc) is 2.49. The number of esters is 1. The standard InChI is InChI=1S/C12H7Cl2F3N2O5/c13-6-1-5-2-7(11(20)22-4-23-19-18-21)10(12(15,16)17)24-9(5)8(14)3-6/h1-3,10H,4H2,(H,19,21)/t10-/m0/s1. The molecule has 0 unspecified atom stereocenters. The molecule has 130 valence electrons. The van der Waals surface area contributed by atoms with Gasteiger partial charge in [-0.25, -0.2) is 4.79 Å². The summed E-state index contributed by atoms with van der Waals surface area (Å²) in [6.45, 7) is -0.867. The zero-order chi connectivity index (χ0) is 17.9. The van der Waals surface area contributed by atoms with Crippen LogP contribution in [0, 0.1) is 0 Å². The van der Waals surface area contributed by atoms with E-state index < -0.39 is 30.6 Å². The molecule has 0 saturated heterocycles. The molecule has 1 aliphatic rings. The van der Waals surface area contributed by atoms with Crippen LogP contribution in [0.2, 0.25) is 10.0 Å². The summed E-state index contributed by atoms with van der Waals surface area (Å²) in [4.78, 5) is 16.0. The van der Waals surface area contributed by atoms with Crippen molar-refractivity contribution in [1.29, 1.82) is 0 Å². The van der Waals surface area contributed by atoms with Crippen molar-refractivity contribution in [2.75, 3.05) is 6.79 Å². The van der Waals surface area contributed by atoms with E-state index in [2.05, 4.69) is 20.1 Å². The Hall–Kier alpha value is -2.20. The fourth-order valence-electron chi connectivity index (χ4n) is 1.86. The number of carbonyl (C=O) groups excluding carboxylic acids is 1. The van der Waals surface area contributed by atoms with Gasteiger partial charge in [-0.3, -0.25) is 0 Å². The molecule has 7 nitrogen and oxygen atoms in total. The quantitative estimate of drug-likeness (QED) is 0.278. The number of carbonyl (C=O) groups is 1. The Balaban J connectivity index is 2.36. The van der Waals surface area contributed by atoms with Gasteiger partial charge in [0.2, 0.25) is 6.10 Å². The molecule has 0 aromatic heterocycles. The Morgan fingerprint density at radius 2 is 2.08 bits per heavy atom. The van der Waals surface area contributed by atoms with Crippen molar-refractivity contribution >= 4 is 35.2 Å². The van der Waals surface area contributed by atoms with Gasteiger partial charge in [0.05, 0.1) is 21.2 Å². The van der Waals surface area contributed by atoms with Crippen molar-refractivity contribution in [3.05, 3.63) is 33.3 Å². The number of fused-ring (bicyclic) bond motifs is 1. The van der Waals surface area contributed by atoms with Gasteiger partial charge in [0.25, 0.3) is 6.79 Å². The van der Waals surface area contributed by atoms with E-state index in [0.717, 1.165) is 6.08 Å². The molecule has 0 spiro atoms. The Morgan fingerprint density at radius 3 is 2.71 bits per heavy atom. The van der Waals surface area contributed by atoms with E-state index in [4.69, 9.17) is 33.1 Å². The van der Waals surface area contributed by atoms with Crippen LogP contribution in [0.4, 0.5) is 13.2 Å². The zero-order valence-electron chi connectivity index (χ0n) is 11.4. The minimum atomic E-state index is -4.91. The Labute approximate surface area is 142 Å². The van der Waals surface area contributed by atoms with Gasteiger partial charge in [-0.2, -0.15) is 13.2 Å². The van der Waals surface area contributed by atoms with Crippen LogP contribution in [0.5, 0.6) is 5.75 Å². The Bertz CT molecular complexity index is 709. The largest absolute Gasteiger partial charge is 0.474 e. The maximum atomic E-state index is 13.2. The van der Waals surface area contributed by atoms with Gasteiger partial charge < -0.3 is 19.5 Å². The smallest absolute Gasteiger partial charge is 0.430 e. The van der Waals surface area contributed by atoms with Crippen molar-refractivity contribution < 1.29 is 37.5 Å². The van der Waals surface area contributed by atoms with E-state index in [0.29, 0.717) is 0 Å². The topological polar surface area (TPSA) is 89.7 Å². The highest BCUT2D eigenvalue weighted by Gasteiger charge is 2.49. The summed E-state index contributed by atoms with van der Waals surface area (Å²) in [5, 5.41) is 12.8. The number of ether oxygens (including phenoxy) is 2. The minimum absolute atomic E-state index is 0.0796.